The fourth-order valence-corrected chi connectivity index (χ4v) is 2.97. The van der Waals surface area contributed by atoms with Crippen LogP contribution in [0.15, 0.2) is 48.5 Å². The van der Waals surface area contributed by atoms with E-state index >= 15 is 0 Å². The number of carboxylic acids is 1. The van der Waals surface area contributed by atoms with Gasteiger partial charge in [-0.2, -0.15) is 0 Å². The number of hydrogen-bond acceptors (Lipinski definition) is 5. The van der Waals surface area contributed by atoms with E-state index in [0.717, 1.165) is 23.4 Å². The second kappa shape index (κ2) is 8.15. The van der Waals surface area contributed by atoms with Gasteiger partial charge in [0.05, 0.1) is 7.11 Å². The van der Waals surface area contributed by atoms with Crippen LogP contribution in [-0.4, -0.2) is 30.1 Å². The highest BCUT2D eigenvalue weighted by Crippen LogP contribution is 2.25. The third kappa shape index (κ3) is 4.42. The highest BCUT2D eigenvalue weighted by atomic mass is 19.1. The van der Waals surface area contributed by atoms with Gasteiger partial charge in [0.25, 0.3) is 0 Å². The highest BCUT2D eigenvalue weighted by molar-refractivity contribution is 5.87. The first-order chi connectivity index (χ1) is 13.0. The summed E-state index contributed by atoms with van der Waals surface area (Å²) in [7, 11) is 1.59. The number of nitrogens with one attached hydrogen (secondary N) is 3. The maximum atomic E-state index is 13.1. The molecule has 3 atom stereocenters. The topological polar surface area (TPSA) is 99.7 Å². The number of hydrazine groups is 1. The molecule has 0 radical (unpaired) electrons. The molecule has 0 bridgehead atoms. The zero-order valence-electron chi connectivity index (χ0n) is 14.6. The van der Waals surface area contributed by atoms with Crippen molar-refractivity contribution >= 4 is 11.9 Å². The van der Waals surface area contributed by atoms with E-state index in [-0.39, 0.29) is 6.04 Å². The summed E-state index contributed by atoms with van der Waals surface area (Å²) in [5.74, 6) is -1.40. The molecule has 7 nitrogen and oxygen atoms in total. The van der Waals surface area contributed by atoms with Crippen LogP contribution in [0.3, 0.4) is 0 Å². The van der Waals surface area contributed by atoms with Crippen molar-refractivity contribution < 1.29 is 23.8 Å². The van der Waals surface area contributed by atoms with Gasteiger partial charge >= 0.3 is 5.97 Å². The van der Waals surface area contributed by atoms with Crippen molar-refractivity contribution in [1.82, 2.24) is 16.2 Å². The zero-order valence-corrected chi connectivity index (χ0v) is 14.6. The summed E-state index contributed by atoms with van der Waals surface area (Å²) in [5.41, 5.74) is 7.21. The predicted molar refractivity (Wildman–Crippen MR) is 95.3 cm³/mol. The molecule has 1 heterocycles. The summed E-state index contributed by atoms with van der Waals surface area (Å²) in [4.78, 5) is 24.0. The Morgan fingerprint density at radius 3 is 2.41 bits per heavy atom. The van der Waals surface area contributed by atoms with E-state index < -0.39 is 29.8 Å². The van der Waals surface area contributed by atoms with Crippen molar-refractivity contribution in [3.63, 3.8) is 0 Å². The smallest absolute Gasteiger partial charge is 0.330 e. The Morgan fingerprint density at radius 1 is 1.15 bits per heavy atom. The molecule has 0 aliphatic carbocycles. The minimum atomic E-state index is -1.25. The van der Waals surface area contributed by atoms with Gasteiger partial charge in [-0.25, -0.2) is 20.0 Å². The number of benzene rings is 2. The van der Waals surface area contributed by atoms with Gasteiger partial charge in [-0.1, -0.05) is 24.3 Å². The molecule has 0 aromatic heterocycles. The average Bonchev–Trinajstić information content (AvgIpc) is 3.17. The molecule has 2 aromatic carbocycles. The zero-order chi connectivity index (χ0) is 19.4. The minimum absolute atomic E-state index is 0.0965. The monoisotopic (exact) mass is 373 g/mol. The molecule has 1 fully saturated rings. The average molecular weight is 373 g/mol. The Bertz CT molecular complexity index is 811. The first-order valence-electron chi connectivity index (χ1n) is 8.41. The third-order valence-electron chi connectivity index (χ3n) is 4.47. The molecule has 4 N–H and O–H groups in total. The van der Waals surface area contributed by atoms with Crippen LogP contribution in [0.5, 0.6) is 5.75 Å². The molecule has 1 saturated heterocycles. The Labute approximate surface area is 155 Å². The molecule has 1 aliphatic rings. The van der Waals surface area contributed by atoms with E-state index in [1.54, 1.807) is 7.11 Å². The van der Waals surface area contributed by atoms with Crippen LogP contribution < -0.4 is 20.9 Å². The van der Waals surface area contributed by atoms with E-state index in [1.807, 2.05) is 24.3 Å². The number of aliphatic carboxylic acids is 1. The Morgan fingerprint density at radius 2 is 1.81 bits per heavy atom. The lowest BCUT2D eigenvalue weighted by molar-refractivity contribution is -0.142. The van der Waals surface area contributed by atoms with Crippen LogP contribution in [0.2, 0.25) is 0 Å². The summed E-state index contributed by atoms with van der Waals surface area (Å²) in [5, 5.41) is 11.9. The van der Waals surface area contributed by atoms with Crippen LogP contribution in [0.4, 0.5) is 4.39 Å². The molecule has 1 amide bonds. The van der Waals surface area contributed by atoms with Gasteiger partial charge in [-0.3, -0.25) is 4.79 Å². The fraction of sp³-hybridized carbons (Fsp3) is 0.263. The number of methoxy groups -OCH3 is 1. The summed E-state index contributed by atoms with van der Waals surface area (Å²) in [6.45, 7) is 0. The number of carbonyl (C=O) groups excluding carboxylic acids is 1. The first-order valence-corrected chi connectivity index (χ1v) is 8.41. The minimum Gasteiger partial charge on any atom is -0.497 e. The van der Waals surface area contributed by atoms with E-state index in [1.165, 1.54) is 12.1 Å². The van der Waals surface area contributed by atoms with Gasteiger partial charge in [0.15, 0.2) is 6.04 Å². The van der Waals surface area contributed by atoms with Gasteiger partial charge in [0.2, 0.25) is 5.91 Å². The summed E-state index contributed by atoms with van der Waals surface area (Å²) >= 11 is 0. The molecule has 8 heteroatoms. The van der Waals surface area contributed by atoms with Crippen molar-refractivity contribution in [3.8, 4) is 5.75 Å². The Kier molecular flexibility index (Phi) is 5.68. The number of carbonyl (C=O) groups is 2. The fourth-order valence-electron chi connectivity index (χ4n) is 2.97. The molecule has 2 aromatic rings. The van der Waals surface area contributed by atoms with E-state index in [9.17, 15) is 19.1 Å². The van der Waals surface area contributed by atoms with Crippen LogP contribution in [0.1, 0.15) is 29.6 Å². The van der Waals surface area contributed by atoms with Gasteiger partial charge < -0.3 is 15.2 Å². The molecule has 27 heavy (non-hydrogen) atoms. The molecule has 142 valence electrons. The van der Waals surface area contributed by atoms with Crippen LogP contribution in [0, 0.1) is 5.82 Å². The van der Waals surface area contributed by atoms with Gasteiger partial charge in [-0.05, 0) is 41.8 Å². The largest absolute Gasteiger partial charge is 0.497 e. The van der Waals surface area contributed by atoms with Crippen molar-refractivity contribution in [2.75, 3.05) is 7.11 Å². The first kappa shape index (κ1) is 18.8. The van der Waals surface area contributed by atoms with Gasteiger partial charge in [-0.15, -0.1) is 0 Å². The number of carboxylic acid groups (broad SMARTS) is 1. The van der Waals surface area contributed by atoms with Crippen molar-refractivity contribution in [3.05, 3.63) is 65.5 Å². The number of rotatable bonds is 6. The van der Waals surface area contributed by atoms with E-state index in [4.69, 9.17) is 4.74 Å². The lowest BCUT2D eigenvalue weighted by Gasteiger charge is -2.17. The highest BCUT2D eigenvalue weighted by Gasteiger charge is 2.33. The van der Waals surface area contributed by atoms with Crippen molar-refractivity contribution in [2.45, 2.75) is 24.5 Å². The quantitative estimate of drug-likeness (QED) is 0.615. The van der Waals surface area contributed by atoms with Gasteiger partial charge in [0, 0.05) is 6.04 Å². The van der Waals surface area contributed by atoms with Crippen molar-refractivity contribution in [2.24, 2.45) is 0 Å². The lowest BCUT2D eigenvalue weighted by atomic mass is 10.0. The molecule has 0 spiro atoms. The molecule has 3 rings (SSSR count). The number of amides is 1. The molecule has 1 aliphatic heterocycles. The summed E-state index contributed by atoms with van der Waals surface area (Å²) < 4.78 is 18.2. The molecular formula is C19H20FN3O4. The second-order valence-electron chi connectivity index (χ2n) is 6.23. The van der Waals surface area contributed by atoms with E-state index in [0.29, 0.717) is 12.0 Å². The lowest BCUT2D eigenvalue weighted by Crippen LogP contribution is -2.46. The molecule has 3 unspecified atom stereocenters. The van der Waals surface area contributed by atoms with Crippen molar-refractivity contribution in [1.29, 1.82) is 0 Å². The Balaban J connectivity index is 1.64. The maximum Gasteiger partial charge on any atom is 0.330 e. The third-order valence-corrected chi connectivity index (χ3v) is 4.47. The van der Waals surface area contributed by atoms with E-state index in [2.05, 4.69) is 16.2 Å². The number of halogens is 1. The summed E-state index contributed by atoms with van der Waals surface area (Å²) in [6, 6.07) is 10.5. The molecule has 0 saturated carbocycles. The SMILES string of the molecule is COc1ccc(C2CC(C(=O)NC(C(=O)O)c3ccc(F)cc3)NN2)cc1. The van der Waals surface area contributed by atoms with Crippen LogP contribution >= 0.6 is 0 Å². The number of hydrogen-bond donors (Lipinski definition) is 4. The Hall–Kier alpha value is -2.97. The standard InChI is InChI=1S/C19H20FN3O4/c1-27-14-8-4-11(5-9-14)15-10-16(23-22-15)18(24)21-17(19(25)26)12-2-6-13(20)7-3-12/h2-9,15-17,22-23H,10H2,1H3,(H,21,24)(H,25,26). The summed E-state index contributed by atoms with van der Waals surface area (Å²) in [6.07, 6.45) is 0.452. The normalized spacial score (nSPS) is 20.1. The van der Waals surface area contributed by atoms with Crippen LogP contribution in [-0.2, 0) is 9.59 Å². The maximum absolute atomic E-state index is 13.1. The second-order valence-corrected chi connectivity index (χ2v) is 6.23. The van der Waals surface area contributed by atoms with Gasteiger partial charge in [0.1, 0.15) is 17.6 Å². The number of ether oxygens (including phenoxy) is 1. The van der Waals surface area contributed by atoms with Crippen LogP contribution in [0.25, 0.3) is 0 Å². The predicted octanol–water partition coefficient (Wildman–Crippen LogP) is 1.68. The molecular weight excluding hydrogens is 353 g/mol.